The van der Waals surface area contributed by atoms with Gasteiger partial charge in [0.2, 0.25) is 5.79 Å². The van der Waals surface area contributed by atoms with Gasteiger partial charge in [-0.25, -0.2) is 4.89 Å². The lowest BCUT2D eigenvalue weighted by atomic mass is 9.68. The third kappa shape index (κ3) is 1.95. The molecule has 1 fully saturated rings. The van der Waals surface area contributed by atoms with E-state index in [-0.39, 0.29) is 0 Å². The van der Waals surface area contributed by atoms with E-state index in [1.54, 1.807) is 6.92 Å². The number of carbonyl (C=O) groups is 1. The molecule has 0 saturated carbocycles. The lowest BCUT2D eigenvalue weighted by Crippen LogP contribution is -2.50. The van der Waals surface area contributed by atoms with Crippen LogP contribution < -0.4 is 0 Å². The van der Waals surface area contributed by atoms with Gasteiger partial charge in [-0.1, -0.05) is 44.2 Å². The molecular formula is C15H20O4. The van der Waals surface area contributed by atoms with E-state index in [1.807, 2.05) is 51.1 Å². The maximum atomic E-state index is 11.3. The minimum absolute atomic E-state index is 0.392. The summed E-state index contributed by atoms with van der Waals surface area (Å²) >= 11 is 0. The Bertz CT molecular complexity index is 482. The third-order valence-electron chi connectivity index (χ3n) is 4.36. The molecule has 1 aromatic carbocycles. The Balaban J connectivity index is 2.43. The Morgan fingerprint density at radius 2 is 1.63 bits per heavy atom. The lowest BCUT2D eigenvalue weighted by molar-refractivity contribution is -0.391. The first-order valence-electron chi connectivity index (χ1n) is 6.35. The van der Waals surface area contributed by atoms with Crippen LogP contribution in [-0.4, -0.2) is 11.8 Å². The lowest BCUT2D eigenvalue weighted by Gasteiger charge is -2.40. The molecule has 2 atom stereocenters. The highest BCUT2D eigenvalue weighted by Crippen LogP contribution is 2.57. The van der Waals surface area contributed by atoms with Gasteiger partial charge in [-0.05, 0) is 12.5 Å². The van der Waals surface area contributed by atoms with Gasteiger partial charge in [0.1, 0.15) is 5.60 Å². The van der Waals surface area contributed by atoms with Crippen LogP contribution in [0.3, 0.4) is 0 Å². The standard InChI is InChI=1S/C15H20O4/c1-11(16)17-15(5)13(2,3)14(4,18-19-15)12-9-7-6-8-10-12/h6-10H,1-5H3/t14-,15-/m0/s1. The van der Waals surface area contributed by atoms with Crippen LogP contribution in [-0.2, 0) is 24.9 Å². The zero-order valence-electron chi connectivity index (χ0n) is 12.0. The minimum Gasteiger partial charge on any atom is -0.430 e. The summed E-state index contributed by atoms with van der Waals surface area (Å²) in [4.78, 5) is 22.3. The van der Waals surface area contributed by atoms with E-state index in [2.05, 4.69) is 0 Å². The van der Waals surface area contributed by atoms with Gasteiger partial charge >= 0.3 is 5.97 Å². The molecule has 1 heterocycles. The van der Waals surface area contributed by atoms with Crippen LogP contribution in [0.15, 0.2) is 30.3 Å². The Morgan fingerprint density at radius 1 is 1.05 bits per heavy atom. The number of esters is 1. The average Bonchev–Trinajstić information content (AvgIpc) is 2.52. The maximum absolute atomic E-state index is 11.3. The highest BCUT2D eigenvalue weighted by Gasteiger charge is 2.65. The van der Waals surface area contributed by atoms with Gasteiger partial charge < -0.3 is 4.74 Å². The maximum Gasteiger partial charge on any atom is 0.305 e. The number of benzene rings is 1. The van der Waals surface area contributed by atoms with Gasteiger partial charge in [-0.2, -0.15) is 4.89 Å². The van der Waals surface area contributed by atoms with Gasteiger partial charge in [0.05, 0.1) is 5.41 Å². The van der Waals surface area contributed by atoms with E-state index in [1.165, 1.54) is 6.92 Å². The van der Waals surface area contributed by atoms with Gasteiger partial charge in [-0.3, -0.25) is 4.79 Å². The van der Waals surface area contributed by atoms with E-state index >= 15 is 0 Å². The first kappa shape index (κ1) is 14.0. The largest absolute Gasteiger partial charge is 0.430 e. The van der Waals surface area contributed by atoms with Gasteiger partial charge in [0.25, 0.3) is 0 Å². The fourth-order valence-electron chi connectivity index (χ4n) is 2.39. The van der Waals surface area contributed by atoms with E-state index in [0.717, 1.165) is 5.56 Å². The SMILES string of the molecule is CC(=O)O[C@@]1(C)OO[C@@](C)(c2ccccc2)C1(C)C. The molecule has 2 rings (SSSR count). The molecule has 19 heavy (non-hydrogen) atoms. The Kier molecular flexibility index (Phi) is 3.19. The third-order valence-corrected chi connectivity index (χ3v) is 4.36. The zero-order chi connectivity index (χ0) is 14.3. The van der Waals surface area contributed by atoms with E-state index in [4.69, 9.17) is 14.5 Å². The van der Waals surface area contributed by atoms with Crippen molar-refractivity contribution in [2.45, 2.75) is 46.0 Å². The Labute approximate surface area is 113 Å². The minimum atomic E-state index is -1.12. The molecule has 0 unspecified atom stereocenters. The predicted octanol–water partition coefficient (Wildman–Crippen LogP) is 3.17. The molecule has 1 aliphatic rings. The molecule has 0 amide bonds. The second-order valence-corrected chi connectivity index (χ2v) is 5.73. The normalized spacial score (nSPS) is 33.1. The molecular weight excluding hydrogens is 244 g/mol. The summed E-state index contributed by atoms with van der Waals surface area (Å²) in [7, 11) is 0. The topological polar surface area (TPSA) is 44.8 Å². The predicted molar refractivity (Wildman–Crippen MR) is 69.9 cm³/mol. The van der Waals surface area contributed by atoms with Crippen LogP contribution in [0, 0.1) is 5.41 Å². The summed E-state index contributed by atoms with van der Waals surface area (Å²) in [6.07, 6.45) is 0. The van der Waals surface area contributed by atoms with Crippen LogP contribution in [0.2, 0.25) is 0 Å². The molecule has 1 aliphatic heterocycles. The van der Waals surface area contributed by atoms with Crippen molar-refractivity contribution in [3.63, 3.8) is 0 Å². The molecule has 0 N–H and O–H groups in total. The highest BCUT2D eigenvalue weighted by molar-refractivity contribution is 5.66. The first-order valence-corrected chi connectivity index (χ1v) is 6.35. The van der Waals surface area contributed by atoms with Crippen molar-refractivity contribution < 1.29 is 19.3 Å². The Morgan fingerprint density at radius 3 is 2.16 bits per heavy atom. The second kappa shape index (κ2) is 4.32. The quantitative estimate of drug-likeness (QED) is 0.608. The van der Waals surface area contributed by atoms with Crippen molar-refractivity contribution in [1.29, 1.82) is 0 Å². The van der Waals surface area contributed by atoms with Crippen molar-refractivity contribution in [2.24, 2.45) is 5.41 Å². The van der Waals surface area contributed by atoms with Crippen LogP contribution in [0.1, 0.15) is 40.2 Å². The van der Waals surface area contributed by atoms with Crippen LogP contribution in [0.25, 0.3) is 0 Å². The molecule has 4 nitrogen and oxygen atoms in total. The fraction of sp³-hybridized carbons (Fsp3) is 0.533. The molecule has 1 aromatic rings. The summed E-state index contributed by atoms with van der Waals surface area (Å²) in [6.45, 7) is 8.97. The van der Waals surface area contributed by atoms with Gasteiger partial charge in [0, 0.05) is 13.8 Å². The number of hydrogen-bond acceptors (Lipinski definition) is 4. The molecule has 0 bridgehead atoms. The van der Waals surface area contributed by atoms with Crippen molar-refractivity contribution in [3.05, 3.63) is 35.9 Å². The molecule has 4 heteroatoms. The number of rotatable bonds is 2. The molecule has 0 radical (unpaired) electrons. The highest BCUT2D eigenvalue weighted by atomic mass is 17.3. The molecule has 104 valence electrons. The molecule has 0 aromatic heterocycles. The Hall–Kier alpha value is -1.39. The fourth-order valence-corrected chi connectivity index (χ4v) is 2.39. The smallest absolute Gasteiger partial charge is 0.305 e. The molecule has 1 saturated heterocycles. The van der Waals surface area contributed by atoms with Crippen molar-refractivity contribution >= 4 is 5.97 Å². The van der Waals surface area contributed by atoms with Crippen LogP contribution >= 0.6 is 0 Å². The molecule has 0 aliphatic carbocycles. The van der Waals surface area contributed by atoms with Gasteiger partial charge in [-0.15, -0.1) is 0 Å². The summed E-state index contributed by atoms with van der Waals surface area (Å²) in [5.41, 5.74) is -0.262. The van der Waals surface area contributed by atoms with Crippen molar-refractivity contribution in [1.82, 2.24) is 0 Å². The average molecular weight is 264 g/mol. The van der Waals surface area contributed by atoms with Crippen LogP contribution in [0.4, 0.5) is 0 Å². The number of ether oxygens (including phenoxy) is 1. The summed E-state index contributed by atoms with van der Waals surface area (Å²) in [6, 6.07) is 9.79. The van der Waals surface area contributed by atoms with E-state index < -0.39 is 22.8 Å². The number of hydrogen-bond donors (Lipinski definition) is 0. The van der Waals surface area contributed by atoms with Gasteiger partial charge in [0.15, 0.2) is 0 Å². The summed E-state index contributed by atoms with van der Waals surface area (Å²) in [5, 5.41) is 0. The van der Waals surface area contributed by atoms with Crippen LogP contribution in [0.5, 0.6) is 0 Å². The summed E-state index contributed by atoms with van der Waals surface area (Å²) in [5.74, 6) is -1.51. The second-order valence-electron chi connectivity index (χ2n) is 5.73. The van der Waals surface area contributed by atoms with Crippen molar-refractivity contribution in [3.8, 4) is 0 Å². The van der Waals surface area contributed by atoms with Crippen molar-refractivity contribution in [2.75, 3.05) is 0 Å². The zero-order valence-corrected chi connectivity index (χ0v) is 12.0. The summed E-state index contributed by atoms with van der Waals surface area (Å²) < 4.78 is 5.34. The first-order chi connectivity index (χ1) is 8.73. The number of carbonyl (C=O) groups excluding carboxylic acids is 1. The van der Waals surface area contributed by atoms with E-state index in [9.17, 15) is 4.79 Å². The van der Waals surface area contributed by atoms with E-state index in [0.29, 0.717) is 0 Å². The molecule has 0 spiro atoms. The monoisotopic (exact) mass is 264 g/mol.